The minimum absolute atomic E-state index is 0.997. The van der Waals surface area contributed by atoms with E-state index in [1.54, 1.807) is 0 Å². The van der Waals surface area contributed by atoms with Gasteiger partial charge in [-0.2, -0.15) is 0 Å². The second kappa shape index (κ2) is 20.6. The Labute approximate surface area is 218 Å². The van der Waals surface area contributed by atoms with Crippen LogP contribution in [0.1, 0.15) is 147 Å². The highest BCUT2D eigenvalue weighted by atomic mass is 15.1. The lowest BCUT2D eigenvalue weighted by Crippen LogP contribution is -2.37. The zero-order valence-electron chi connectivity index (χ0n) is 23.5. The Bertz CT molecular complexity index is 718. The highest BCUT2D eigenvalue weighted by molar-refractivity contribution is 5.15. The van der Waals surface area contributed by atoms with Crippen molar-refractivity contribution in [2.75, 3.05) is 0 Å². The molecule has 0 aliphatic rings. The third kappa shape index (κ3) is 13.9. The first-order valence-electron chi connectivity index (χ1n) is 15.5. The molecule has 2 aromatic rings. The van der Waals surface area contributed by atoms with Crippen molar-refractivity contribution in [1.29, 1.82) is 0 Å². The molecule has 0 aliphatic carbocycles. The summed E-state index contributed by atoms with van der Waals surface area (Å²) >= 11 is 0. The minimum atomic E-state index is 0.997. The summed E-state index contributed by atoms with van der Waals surface area (Å²) < 4.78 is 5.06. The van der Waals surface area contributed by atoms with E-state index < -0.39 is 0 Å². The van der Waals surface area contributed by atoms with Gasteiger partial charge in [0.25, 0.3) is 5.82 Å². The second-order valence-corrected chi connectivity index (χ2v) is 10.8. The van der Waals surface area contributed by atoms with Crippen molar-refractivity contribution in [1.82, 2.24) is 4.57 Å². The average molecular weight is 482 g/mol. The fourth-order valence-electron chi connectivity index (χ4n) is 5.28. The van der Waals surface area contributed by atoms with Crippen LogP contribution in [0.2, 0.25) is 0 Å². The summed E-state index contributed by atoms with van der Waals surface area (Å²) in [6.07, 6.45) is 32.6. The van der Waals surface area contributed by atoms with Gasteiger partial charge in [0.05, 0.1) is 6.54 Å². The minimum Gasteiger partial charge on any atom is -0.234 e. The summed E-state index contributed by atoms with van der Waals surface area (Å²) in [5, 5.41) is 0. The predicted octanol–water partition coefficient (Wildman–Crippen LogP) is 9.82. The molecule has 0 saturated heterocycles. The average Bonchev–Trinajstić information content (AvgIpc) is 3.25. The number of rotatable bonds is 23. The maximum absolute atomic E-state index is 2.56. The standard InChI is InChI=1S/C33H57N2/c1-3-5-7-9-10-11-12-13-14-15-16-17-19-24-28-34-29-30-35(31-32-25-21-20-22-26-32)33(34)27-23-18-8-6-4-2/h20-22,25-26,29-30H,3-19,23-24,27-28,31H2,1-2H3/q+1. The van der Waals surface area contributed by atoms with E-state index in [0.29, 0.717) is 0 Å². The van der Waals surface area contributed by atoms with Gasteiger partial charge in [-0.25, -0.2) is 9.13 Å². The molecule has 2 heteroatoms. The van der Waals surface area contributed by atoms with Crippen LogP contribution < -0.4 is 4.57 Å². The van der Waals surface area contributed by atoms with E-state index in [0.717, 1.165) is 6.54 Å². The van der Waals surface area contributed by atoms with Crippen molar-refractivity contribution < 1.29 is 4.57 Å². The molecule has 0 radical (unpaired) electrons. The van der Waals surface area contributed by atoms with Gasteiger partial charge in [-0.15, -0.1) is 0 Å². The molecule has 0 atom stereocenters. The summed E-state index contributed by atoms with van der Waals surface area (Å²) in [4.78, 5) is 0. The first-order valence-corrected chi connectivity index (χ1v) is 15.5. The zero-order chi connectivity index (χ0) is 24.8. The number of benzene rings is 1. The van der Waals surface area contributed by atoms with Crippen molar-refractivity contribution in [3.63, 3.8) is 0 Å². The van der Waals surface area contributed by atoms with Gasteiger partial charge in [0, 0.05) is 6.42 Å². The normalized spacial score (nSPS) is 11.4. The summed E-state index contributed by atoms with van der Waals surface area (Å²) in [7, 11) is 0. The summed E-state index contributed by atoms with van der Waals surface area (Å²) in [5.74, 6) is 1.53. The molecule has 0 amide bonds. The van der Waals surface area contributed by atoms with Crippen molar-refractivity contribution in [3.8, 4) is 0 Å². The Morgan fingerprint density at radius 1 is 0.571 bits per heavy atom. The quantitative estimate of drug-likeness (QED) is 0.110. The topological polar surface area (TPSA) is 8.81 Å². The van der Waals surface area contributed by atoms with Crippen molar-refractivity contribution in [3.05, 3.63) is 54.1 Å². The molecule has 1 aromatic heterocycles. The van der Waals surface area contributed by atoms with E-state index in [-0.39, 0.29) is 0 Å². The van der Waals surface area contributed by atoms with Crippen LogP contribution in [-0.2, 0) is 19.5 Å². The van der Waals surface area contributed by atoms with Crippen LogP contribution in [0.3, 0.4) is 0 Å². The molecule has 1 aromatic carbocycles. The summed E-state index contributed by atoms with van der Waals surface area (Å²) in [6.45, 7) is 6.78. The summed E-state index contributed by atoms with van der Waals surface area (Å²) in [6, 6.07) is 10.9. The molecule has 1 heterocycles. The Hall–Kier alpha value is -1.57. The molecule has 2 rings (SSSR count). The van der Waals surface area contributed by atoms with Gasteiger partial charge >= 0.3 is 0 Å². The van der Waals surface area contributed by atoms with Crippen LogP contribution in [0.25, 0.3) is 0 Å². The van der Waals surface area contributed by atoms with E-state index in [2.05, 4.69) is 65.7 Å². The molecule has 0 bridgehead atoms. The molecule has 198 valence electrons. The van der Waals surface area contributed by atoms with Gasteiger partial charge < -0.3 is 0 Å². The van der Waals surface area contributed by atoms with Gasteiger partial charge in [0.1, 0.15) is 18.9 Å². The first-order chi connectivity index (χ1) is 17.3. The van der Waals surface area contributed by atoms with Gasteiger partial charge in [0.2, 0.25) is 0 Å². The third-order valence-corrected chi connectivity index (χ3v) is 7.54. The monoisotopic (exact) mass is 481 g/mol. The van der Waals surface area contributed by atoms with Gasteiger partial charge in [-0.3, -0.25) is 0 Å². The van der Waals surface area contributed by atoms with Gasteiger partial charge in [-0.05, 0) is 24.8 Å². The van der Waals surface area contributed by atoms with Crippen LogP contribution in [0.5, 0.6) is 0 Å². The second-order valence-electron chi connectivity index (χ2n) is 10.8. The predicted molar refractivity (Wildman–Crippen MR) is 153 cm³/mol. The van der Waals surface area contributed by atoms with Crippen molar-refractivity contribution in [2.24, 2.45) is 0 Å². The van der Waals surface area contributed by atoms with Crippen LogP contribution >= 0.6 is 0 Å². The lowest BCUT2D eigenvalue weighted by atomic mass is 10.0. The van der Waals surface area contributed by atoms with Crippen LogP contribution in [0.4, 0.5) is 0 Å². The smallest absolute Gasteiger partial charge is 0.234 e. The number of unbranched alkanes of at least 4 members (excludes halogenated alkanes) is 17. The van der Waals surface area contributed by atoms with E-state index in [1.165, 1.54) is 146 Å². The van der Waals surface area contributed by atoms with Crippen molar-refractivity contribution in [2.45, 2.75) is 155 Å². The molecule has 0 unspecified atom stereocenters. The Balaban J connectivity index is 1.63. The molecule has 0 N–H and O–H groups in total. The summed E-state index contributed by atoms with van der Waals surface area (Å²) in [5.41, 5.74) is 1.40. The number of aromatic nitrogens is 2. The molecule has 0 spiro atoms. The molecule has 0 saturated carbocycles. The molecular weight excluding hydrogens is 424 g/mol. The SMILES string of the molecule is CCCCCCCCCCCCCCCC[n+]1ccn(Cc2ccccc2)c1CCCCCCC. The van der Waals surface area contributed by atoms with Gasteiger partial charge in [0.15, 0.2) is 0 Å². The molecular formula is C33H57N2+. The van der Waals surface area contributed by atoms with Crippen molar-refractivity contribution >= 4 is 0 Å². The number of hydrogen-bond donors (Lipinski definition) is 0. The Kier molecular flexibility index (Phi) is 17.5. The van der Waals surface area contributed by atoms with E-state index in [9.17, 15) is 0 Å². The first kappa shape index (κ1) is 29.7. The fraction of sp³-hybridized carbons (Fsp3) is 0.727. The number of hydrogen-bond acceptors (Lipinski definition) is 0. The van der Waals surface area contributed by atoms with Gasteiger partial charge in [-0.1, -0.05) is 147 Å². The molecule has 0 fully saturated rings. The number of nitrogens with zero attached hydrogens (tertiary/aromatic N) is 2. The molecule has 35 heavy (non-hydrogen) atoms. The molecule has 2 nitrogen and oxygen atoms in total. The Morgan fingerprint density at radius 2 is 1.06 bits per heavy atom. The highest BCUT2D eigenvalue weighted by Crippen LogP contribution is 2.14. The number of imidazole rings is 1. The maximum atomic E-state index is 2.56. The fourth-order valence-corrected chi connectivity index (χ4v) is 5.28. The zero-order valence-corrected chi connectivity index (χ0v) is 23.5. The van der Waals surface area contributed by atoms with E-state index in [1.807, 2.05) is 0 Å². The maximum Gasteiger partial charge on any atom is 0.256 e. The van der Waals surface area contributed by atoms with E-state index >= 15 is 0 Å². The largest absolute Gasteiger partial charge is 0.256 e. The van der Waals surface area contributed by atoms with E-state index in [4.69, 9.17) is 0 Å². The lowest BCUT2D eigenvalue weighted by molar-refractivity contribution is -0.704. The van der Waals surface area contributed by atoms with Crippen LogP contribution in [-0.4, -0.2) is 4.57 Å². The highest BCUT2D eigenvalue weighted by Gasteiger charge is 2.17. The third-order valence-electron chi connectivity index (χ3n) is 7.54. The number of aryl methyl sites for hydroxylation is 1. The molecule has 0 aliphatic heterocycles. The van der Waals surface area contributed by atoms with Crippen LogP contribution in [0, 0.1) is 0 Å². The Morgan fingerprint density at radius 3 is 1.60 bits per heavy atom. The lowest BCUT2D eigenvalue weighted by Gasteiger charge is -2.07. The van der Waals surface area contributed by atoms with Crippen LogP contribution in [0.15, 0.2) is 42.7 Å².